The number of carbonyl (C=O) groups excluding carboxylic acids is 2. The first-order valence-corrected chi connectivity index (χ1v) is 17.2. The van der Waals surface area contributed by atoms with Crippen molar-refractivity contribution in [1.29, 1.82) is 0 Å². The summed E-state index contributed by atoms with van der Waals surface area (Å²) in [4.78, 5) is 28.3. The Hall–Kier alpha value is -2.60. The van der Waals surface area contributed by atoms with E-state index in [1.165, 1.54) is 0 Å². The van der Waals surface area contributed by atoms with Gasteiger partial charge in [-0.2, -0.15) is 0 Å². The maximum Gasteiger partial charge on any atom is 0.407 e. The summed E-state index contributed by atoms with van der Waals surface area (Å²) in [5, 5.41) is 17.5. The van der Waals surface area contributed by atoms with Crippen molar-refractivity contribution in [2.45, 2.75) is 111 Å². The molecule has 0 bridgehead atoms. The largest absolute Gasteiger partial charge is 0.493 e. The maximum atomic E-state index is 13.0. The van der Waals surface area contributed by atoms with E-state index in [0.29, 0.717) is 44.1 Å². The van der Waals surface area contributed by atoms with E-state index >= 15 is 0 Å². The van der Waals surface area contributed by atoms with Crippen molar-refractivity contribution in [3.05, 3.63) is 23.8 Å². The minimum Gasteiger partial charge on any atom is -0.493 e. The number of benzene rings is 1. The van der Waals surface area contributed by atoms with Gasteiger partial charge in [-0.3, -0.25) is 9.69 Å². The predicted molar refractivity (Wildman–Crippen MR) is 184 cm³/mol. The monoisotopic (exact) mass is 665 g/mol. The summed E-state index contributed by atoms with van der Waals surface area (Å²) < 4.78 is 28.0. The van der Waals surface area contributed by atoms with E-state index < -0.39 is 29.8 Å². The van der Waals surface area contributed by atoms with Gasteiger partial charge in [0, 0.05) is 52.2 Å². The first-order chi connectivity index (χ1) is 22.1. The van der Waals surface area contributed by atoms with Gasteiger partial charge in [-0.1, -0.05) is 26.8 Å². The number of hydrogen-bond acceptors (Lipinski definition) is 9. The highest BCUT2D eigenvalue weighted by atomic mass is 16.6. The summed E-state index contributed by atoms with van der Waals surface area (Å²) >= 11 is 0. The van der Waals surface area contributed by atoms with Crippen molar-refractivity contribution in [1.82, 2.24) is 15.5 Å². The maximum absolute atomic E-state index is 13.0. The second-order valence-electron chi connectivity index (χ2n) is 14.4. The molecule has 47 heavy (non-hydrogen) atoms. The first-order valence-electron chi connectivity index (χ1n) is 17.2. The van der Waals surface area contributed by atoms with Gasteiger partial charge in [0.05, 0.1) is 38.1 Å². The van der Waals surface area contributed by atoms with Crippen LogP contribution in [0.5, 0.6) is 11.5 Å². The van der Waals surface area contributed by atoms with E-state index in [-0.39, 0.29) is 36.4 Å². The number of nitrogens with zero attached hydrogens (tertiary/aromatic N) is 1. The number of aliphatic hydroxyl groups is 1. The van der Waals surface area contributed by atoms with Gasteiger partial charge in [-0.15, -0.1) is 0 Å². The van der Waals surface area contributed by atoms with Crippen LogP contribution < -0.4 is 20.1 Å². The van der Waals surface area contributed by atoms with Gasteiger partial charge in [0.1, 0.15) is 5.60 Å². The molecule has 1 heterocycles. The number of carbonyl (C=O) groups is 2. The van der Waals surface area contributed by atoms with Crippen LogP contribution in [-0.4, -0.2) is 106 Å². The fourth-order valence-electron chi connectivity index (χ4n) is 5.95. The summed E-state index contributed by atoms with van der Waals surface area (Å²) in [5.41, 5.74) is 0.372. The number of methoxy groups -OCH3 is 2. The highest BCUT2D eigenvalue weighted by molar-refractivity contribution is 5.78. The molecule has 2 rings (SSSR count). The third kappa shape index (κ3) is 15.4. The number of rotatable bonds is 19. The van der Waals surface area contributed by atoms with Crippen molar-refractivity contribution in [3.8, 4) is 11.5 Å². The SMILES string of the molecule is COCCCOc1cc(C[C@@H](C[C@H](NC(=O)OC(C)(C)C)[C@@H](O)C[C@@H](C)C(=O)NCCN2C[C@@H](C)O[C@@H](C)C2)C(C)C)ccc1OC. The molecule has 1 fully saturated rings. The molecule has 6 atom stereocenters. The quantitative estimate of drug-likeness (QED) is 0.178. The molecule has 0 radical (unpaired) electrons. The highest BCUT2D eigenvalue weighted by Crippen LogP contribution is 2.32. The fourth-order valence-corrected chi connectivity index (χ4v) is 5.95. The summed E-state index contributed by atoms with van der Waals surface area (Å²) in [6.07, 6.45) is 0.937. The van der Waals surface area contributed by atoms with Crippen LogP contribution in [0.2, 0.25) is 0 Å². The van der Waals surface area contributed by atoms with E-state index in [0.717, 1.165) is 31.6 Å². The number of nitrogens with one attached hydrogen (secondary N) is 2. The van der Waals surface area contributed by atoms with Crippen LogP contribution in [-0.2, 0) is 25.4 Å². The zero-order valence-corrected chi connectivity index (χ0v) is 30.6. The van der Waals surface area contributed by atoms with Gasteiger partial charge in [0.25, 0.3) is 0 Å². The van der Waals surface area contributed by atoms with E-state index in [9.17, 15) is 14.7 Å². The molecule has 1 aromatic carbocycles. The van der Waals surface area contributed by atoms with Crippen LogP contribution in [0.3, 0.4) is 0 Å². The van der Waals surface area contributed by atoms with Crippen LogP contribution in [0.25, 0.3) is 0 Å². The third-order valence-electron chi connectivity index (χ3n) is 8.41. The zero-order chi connectivity index (χ0) is 35.1. The first kappa shape index (κ1) is 40.6. The van der Waals surface area contributed by atoms with Crippen molar-refractivity contribution in [2.75, 3.05) is 53.6 Å². The Morgan fingerprint density at radius 3 is 2.32 bits per heavy atom. The van der Waals surface area contributed by atoms with Crippen molar-refractivity contribution in [3.63, 3.8) is 0 Å². The molecule has 2 amide bonds. The molecular formula is C36H63N3O8. The van der Waals surface area contributed by atoms with E-state index in [1.54, 1.807) is 35.0 Å². The summed E-state index contributed by atoms with van der Waals surface area (Å²) in [7, 11) is 3.29. The van der Waals surface area contributed by atoms with Crippen molar-refractivity contribution >= 4 is 12.0 Å². The molecule has 0 spiro atoms. The Kier molecular flexibility index (Phi) is 17.3. The van der Waals surface area contributed by atoms with Gasteiger partial charge in [0.15, 0.2) is 11.5 Å². The van der Waals surface area contributed by atoms with Crippen LogP contribution in [0, 0.1) is 17.8 Å². The molecular weight excluding hydrogens is 602 g/mol. The molecule has 3 N–H and O–H groups in total. The van der Waals surface area contributed by atoms with Gasteiger partial charge in [-0.05, 0) is 83.4 Å². The average Bonchev–Trinajstić information content (AvgIpc) is 2.97. The standard InChI is InChI=1S/C36H63N3O8/c1-24(2)29(19-28-12-13-32(44-10)33(20-28)45-17-11-16-43-9)21-30(38-35(42)47-36(6,7)8)31(40)18-25(3)34(41)37-14-15-39-22-26(4)46-27(5)23-39/h12-13,20,24-27,29-31,40H,11,14-19,21-23H2,1-10H3,(H,37,41)(H,38,42)/t25-,26-,27+,29+,30+,31+/m1/s1. The minimum atomic E-state index is -0.957. The molecule has 0 unspecified atom stereocenters. The van der Waals surface area contributed by atoms with Gasteiger partial charge in [0.2, 0.25) is 5.91 Å². The normalized spacial score (nSPS) is 19.8. The third-order valence-corrected chi connectivity index (χ3v) is 8.41. The van der Waals surface area contributed by atoms with Crippen LogP contribution in [0.15, 0.2) is 18.2 Å². The van der Waals surface area contributed by atoms with Gasteiger partial charge in [-0.25, -0.2) is 4.79 Å². The number of morpholine rings is 1. The molecule has 270 valence electrons. The van der Waals surface area contributed by atoms with Crippen LogP contribution in [0.4, 0.5) is 4.79 Å². The van der Waals surface area contributed by atoms with Gasteiger partial charge < -0.3 is 39.4 Å². The lowest BCUT2D eigenvalue weighted by atomic mass is 9.82. The summed E-state index contributed by atoms with van der Waals surface area (Å²) in [6.45, 7) is 19.7. The summed E-state index contributed by atoms with van der Waals surface area (Å²) in [6, 6.07) is 5.31. The molecule has 0 saturated carbocycles. The topological polar surface area (TPSA) is 128 Å². The number of hydrogen-bond donors (Lipinski definition) is 3. The Morgan fingerprint density at radius 1 is 1.04 bits per heavy atom. The number of amides is 2. The van der Waals surface area contributed by atoms with E-state index in [2.05, 4.69) is 43.2 Å². The highest BCUT2D eigenvalue weighted by Gasteiger charge is 2.31. The molecule has 11 heteroatoms. The lowest BCUT2D eigenvalue weighted by Crippen LogP contribution is -2.49. The minimum absolute atomic E-state index is 0.0989. The number of ether oxygens (including phenoxy) is 5. The smallest absolute Gasteiger partial charge is 0.407 e. The molecule has 1 aliphatic heterocycles. The molecule has 1 saturated heterocycles. The molecule has 0 aromatic heterocycles. The Morgan fingerprint density at radius 2 is 1.72 bits per heavy atom. The second-order valence-corrected chi connectivity index (χ2v) is 14.4. The van der Waals surface area contributed by atoms with E-state index in [1.807, 2.05) is 25.1 Å². The fraction of sp³-hybridized carbons (Fsp3) is 0.778. The van der Waals surface area contributed by atoms with Crippen LogP contribution in [0.1, 0.15) is 80.2 Å². The van der Waals surface area contributed by atoms with E-state index in [4.69, 9.17) is 23.7 Å². The second kappa shape index (κ2) is 20.0. The van der Waals surface area contributed by atoms with Crippen molar-refractivity contribution < 1.29 is 38.4 Å². The molecule has 1 aromatic rings. The van der Waals surface area contributed by atoms with Crippen molar-refractivity contribution in [2.24, 2.45) is 17.8 Å². The van der Waals surface area contributed by atoms with Gasteiger partial charge >= 0.3 is 6.09 Å². The number of alkyl carbamates (subject to hydrolysis) is 1. The molecule has 1 aliphatic rings. The Labute approximate surface area is 283 Å². The average molecular weight is 666 g/mol. The lowest BCUT2D eigenvalue weighted by Gasteiger charge is -2.35. The summed E-state index contributed by atoms with van der Waals surface area (Å²) in [5.74, 6) is 1.10. The molecule has 11 nitrogen and oxygen atoms in total. The molecule has 0 aliphatic carbocycles. The lowest BCUT2D eigenvalue weighted by molar-refractivity contribution is -0.125. The van der Waals surface area contributed by atoms with Crippen LogP contribution >= 0.6 is 0 Å². The zero-order valence-electron chi connectivity index (χ0n) is 30.6. The predicted octanol–water partition coefficient (Wildman–Crippen LogP) is 4.82. The number of aliphatic hydroxyl groups excluding tert-OH is 1. The Bertz CT molecular complexity index is 1070. The Balaban J connectivity index is 2.11.